The van der Waals surface area contributed by atoms with Crippen molar-refractivity contribution in [3.63, 3.8) is 0 Å². The van der Waals surface area contributed by atoms with Crippen LogP contribution in [0.25, 0.3) is 0 Å². The van der Waals surface area contributed by atoms with E-state index in [0.717, 1.165) is 24.4 Å². The predicted octanol–water partition coefficient (Wildman–Crippen LogP) is 2.54. The summed E-state index contributed by atoms with van der Waals surface area (Å²) in [4.78, 5) is 14.9. The van der Waals surface area contributed by atoms with Crippen LogP contribution in [0, 0.1) is 11.8 Å². The number of amides is 1. The number of rotatable bonds is 4. The van der Waals surface area contributed by atoms with Gasteiger partial charge in [0.1, 0.15) is 0 Å². The molecule has 1 heterocycles. The van der Waals surface area contributed by atoms with Crippen molar-refractivity contribution in [2.45, 2.75) is 26.4 Å². The van der Waals surface area contributed by atoms with E-state index in [2.05, 4.69) is 13.8 Å². The van der Waals surface area contributed by atoms with E-state index in [1.165, 1.54) is 19.2 Å². The third-order valence-electron chi connectivity index (χ3n) is 3.31. The molecule has 0 saturated carbocycles. The number of carbonyl (C=O) groups is 1. The van der Waals surface area contributed by atoms with Gasteiger partial charge in [-0.15, -0.1) is 0 Å². The Hall–Kier alpha value is -1.04. The minimum absolute atomic E-state index is 0.108. The second kappa shape index (κ2) is 7.11. The van der Waals surface area contributed by atoms with Gasteiger partial charge in [-0.2, -0.15) is 13.2 Å². The van der Waals surface area contributed by atoms with Crippen LogP contribution in [0.15, 0.2) is 12.2 Å². The van der Waals surface area contributed by atoms with Crippen LogP contribution in [0.5, 0.6) is 0 Å². The van der Waals surface area contributed by atoms with Crippen LogP contribution < -0.4 is 0 Å². The third kappa shape index (κ3) is 6.41. The molecule has 0 bridgehead atoms. The number of hydrogen-bond acceptors (Lipinski definition) is 2. The first-order valence-corrected chi connectivity index (χ1v) is 6.88. The maximum atomic E-state index is 12.1. The fourth-order valence-corrected chi connectivity index (χ4v) is 2.65. The summed E-state index contributed by atoms with van der Waals surface area (Å²) in [6.45, 7) is 4.82. The van der Waals surface area contributed by atoms with Crippen molar-refractivity contribution < 1.29 is 18.0 Å². The van der Waals surface area contributed by atoms with Crippen LogP contribution >= 0.6 is 0 Å². The molecule has 1 amide bonds. The smallest absolute Gasteiger partial charge is 0.339 e. The lowest BCUT2D eigenvalue weighted by Gasteiger charge is -2.34. The average Bonchev–Trinajstić information content (AvgIpc) is 2.24. The SMILES string of the molecule is CC1CC(C)CN(C(=O)/C=C/CN(C)CC(F)(F)F)C1. The van der Waals surface area contributed by atoms with Gasteiger partial charge < -0.3 is 4.90 Å². The molecule has 0 aromatic rings. The molecule has 0 radical (unpaired) electrons. The van der Waals surface area contributed by atoms with Gasteiger partial charge in [-0.1, -0.05) is 19.9 Å². The van der Waals surface area contributed by atoms with Gasteiger partial charge in [0.05, 0.1) is 6.54 Å². The fourth-order valence-electron chi connectivity index (χ4n) is 2.65. The molecule has 1 aliphatic heterocycles. The molecular weight excluding hydrogens is 269 g/mol. The van der Waals surface area contributed by atoms with E-state index in [0.29, 0.717) is 11.8 Å². The summed E-state index contributed by atoms with van der Waals surface area (Å²) in [5, 5.41) is 0. The molecule has 0 aliphatic carbocycles. The number of likely N-dealkylation sites (tertiary alicyclic amines) is 1. The van der Waals surface area contributed by atoms with Gasteiger partial charge in [0, 0.05) is 25.7 Å². The quantitative estimate of drug-likeness (QED) is 0.743. The van der Waals surface area contributed by atoms with Crippen LogP contribution in [0.1, 0.15) is 20.3 Å². The Labute approximate surface area is 118 Å². The zero-order chi connectivity index (χ0) is 15.3. The van der Waals surface area contributed by atoms with Crippen molar-refractivity contribution in [1.82, 2.24) is 9.80 Å². The molecule has 2 atom stereocenters. The number of alkyl halides is 3. The van der Waals surface area contributed by atoms with Gasteiger partial charge in [-0.3, -0.25) is 9.69 Å². The zero-order valence-corrected chi connectivity index (χ0v) is 12.3. The highest BCUT2D eigenvalue weighted by Crippen LogP contribution is 2.21. The van der Waals surface area contributed by atoms with E-state index in [4.69, 9.17) is 0 Å². The normalized spacial score (nSPS) is 24.6. The highest BCUT2D eigenvalue weighted by molar-refractivity contribution is 5.87. The monoisotopic (exact) mass is 292 g/mol. The van der Waals surface area contributed by atoms with Gasteiger partial charge in [0.15, 0.2) is 0 Å². The van der Waals surface area contributed by atoms with Gasteiger partial charge in [0.25, 0.3) is 0 Å². The molecule has 3 nitrogen and oxygen atoms in total. The lowest BCUT2D eigenvalue weighted by Crippen LogP contribution is -2.41. The van der Waals surface area contributed by atoms with Gasteiger partial charge in [-0.05, 0) is 25.3 Å². The lowest BCUT2D eigenvalue weighted by atomic mass is 9.92. The molecule has 6 heteroatoms. The molecule has 1 saturated heterocycles. The average molecular weight is 292 g/mol. The lowest BCUT2D eigenvalue weighted by molar-refractivity contribution is -0.141. The molecule has 1 rings (SSSR count). The molecule has 0 spiro atoms. The van der Waals surface area contributed by atoms with Crippen molar-refractivity contribution in [3.05, 3.63) is 12.2 Å². The highest BCUT2D eigenvalue weighted by atomic mass is 19.4. The minimum Gasteiger partial charge on any atom is -0.339 e. The molecule has 116 valence electrons. The number of carbonyl (C=O) groups excluding carboxylic acids is 1. The summed E-state index contributed by atoms with van der Waals surface area (Å²) in [7, 11) is 1.38. The molecule has 1 fully saturated rings. The van der Waals surface area contributed by atoms with Crippen LogP contribution in [0.2, 0.25) is 0 Å². The van der Waals surface area contributed by atoms with Crippen molar-refractivity contribution >= 4 is 5.91 Å². The summed E-state index contributed by atoms with van der Waals surface area (Å²) in [5.74, 6) is 0.844. The van der Waals surface area contributed by atoms with Gasteiger partial charge in [-0.25, -0.2) is 0 Å². The summed E-state index contributed by atoms with van der Waals surface area (Å²) in [6.07, 6.45) is -0.207. The van der Waals surface area contributed by atoms with Crippen LogP contribution in [0.3, 0.4) is 0 Å². The molecule has 20 heavy (non-hydrogen) atoms. The first kappa shape index (κ1) is 17.0. The number of piperidine rings is 1. The standard InChI is InChI=1S/C14H23F3N2O/c1-11-7-12(2)9-19(8-11)13(20)5-4-6-18(3)10-14(15,16)17/h4-5,11-12H,6-10H2,1-3H3/b5-4+. The third-order valence-corrected chi connectivity index (χ3v) is 3.31. The molecular formula is C14H23F3N2O. The van der Waals surface area contributed by atoms with E-state index < -0.39 is 12.7 Å². The van der Waals surface area contributed by atoms with Crippen molar-refractivity contribution in [1.29, 1.82) is 0 Å². The molecule has 0 aromatic heterocycles. The van der Waals surface area contributed by atoms with Crippen molar-refractivity contribution in [2.75, 3.05) is 33.2 Å². The Morgan fingerprint density at radius 2 is 1.85 bits per heavy atom. The maximum absolute atomic E-state index is 12.1. The van der Waals surface area contributed by atoms with Crippen molar-refractivity contribution in [2.24, 2.45) is 11.8 Å². The Kier molecular flexibility index (Phi) is 6.05. The van der Waals surface area contributed by atoms with Gasteiger partial charge in [0.2, 0.25) is 5.91 Å². The zero-order valence-electron chi connectivity index (χ0n) is 12.3. The molecule has 2 unspecified atom stereocenters. The second-order valence-electron chi connectivity index (χ2n) is 5.90. The molecule has 0 aromatic carbocycles. The number of likely N-dealkylation sites (N-methyl/N-ethyl adjacent to an activating group) is 1. The Balaban J connectivity index is 2.39. The van der Waals surface area contributed by atoms with E-state index >= 15 is 0 Å². The second-order valence-corrected chi connectivity index (χ2v) is 5.90. The van der Waals surface area contributed by atoms with E-state index in [1.807, 2.05) is 0 Å². The summed E-state index contributed by atoms with van der Waals surface area (Å²) >= 11 is 0. The fraction of sp³-hybridized carbons (Fsp3) is 0.786. The van der Waals surface area contributed by atoms with E-state index in [-0.39, 0.29) is 12.5 Å². The topological polar surface area (TPSA) is 23.6 Å². The van der Waals surface area contributed by atoms with E-state index in [1.54, 1.807) is 4.90 Å². The first-order valence-electron chi connectivity index (χ1n) is 6.88. The summed E-state index contributed by atoms with van der Waals surface area (Å²) < 4.78 is 36.4. The van der Waals surface area contributed by atoms with Crippen molar-refractivity contribution in [3.8, 4) is 0 Å². The predicted molar refractivity (Wildman–Crippen MR) is 72.2 cm³/mol. The Bertz CT molecular complexity index is 345. The maximum Gasteiger partial charge on any atom is 0.401 e. The Morgan fingerprint density at radius 3 is 2.35 bits per heavy atom. The van der Waals surface area contributed by atoms with Crippen LogP contribution in [0.4, 0.5) is 13.2 Å². The number of nitrogens with zero attached hydrogens (tertiary/aromatic N) is 2. The highest BCUT2D eigenvalue weighted by Gasteiger charge is 2.28. The number of hydrogen-bond donors (Lipinski definition) is 0. The first-order chi connectivity index (χ1) is 9.17. The Morgan fingerprint density at radius 1 is 1.30 bits per heavy atom. The molecule has 0 N–H and O–H groups in total. The number of halogens is 3. The van der Waals surface area contributed by atoms with E-state index in [9.17, 15) is 18.0 Å². The summed E-state index contributed by atoms with van der Waals surface area (Å²) in [6, 6.07) is 0. The minimum atomic E-state index is -4.20. The largest absolute Gasteiger partial charge is 0.401 e. The molecule has 1 aliphatic rings. The van der Waals surface area contributed by atoms with Crippen LogP contribution in [-0.4, -0.2) is 55.1 Å². The van der Waals surface area contributed by atoms with Crippen LogP contribution in [-0.2, 0) is 4.79 Å². The van der Waals surface area contributed by atoms with Gasteiger partial charge >= 0.3 is 6.18 Å². The summed E-state index contributed by atoms with van der Waals surface area (Å²) in [5.41, 5.74) is 0.